The Labute approximate surface area is 148 Å². The highest BCUT2D eigenvalue weighted by atomic mass is 32.2. The Morgan fingerprint density at radius 3 is 2.56 bits per heavy atom. The van der Waals surface area contributed by atoms with Crippen molar-refractivity contribution in [3.63, 3.8) is 0 Å². The Kier molecular flexibility index (Phi) is 5.55. The fourth-order valence-corrected chi connectivity index (χ4v) is 3.46. The van der Waals surface area contributed by atoms with Crippen LogP contribution in [0.15, 0.2) is 46.3 Å². The average molecular weight is 364 g/mol. The first-order valence-corrected chi connectivity index (χ1v) is 9.10. The van der Waals surface area contributed by atoms with Gasteiger partial charge in [-0.05, 0) is 11.8 Å². The number of nitrogens with zero attached hydrogens (tertiary/aromatic N) is 2. The second kappa shape index (κ2) is 7.67. The van der Waals surface area contributed by atoms with Gasteiger partial charge < -0.3 is 20.1 Å². The number of hydrogen-bond donors (Lipinski definition) is 3. The van der Waals surface area contributed by atoms with Crippen LogP contribution in [-0.4, -0.2) is 56.0 Å². The Morgan fingerprint density at radius 1 is 1.24 bits per heavy atom. The van der Waals surface area contributed by atoms with Crippen LogP contribution in [-0.2, 0) is 11.2 Å². The van der Waals surface area contributed by atoms with Gasteiger partial charge in [0.05, 0.1) is 6.61 Å². The van der Waals surface area contributed by atoms with E-state index in [2.05, 4.69) is 4.98 Å². The van der Waals surface area contributed by atoms with E-state index in [1.807, 2.05) is 36.6 Å². The minimum atomic E-state index is -1.32. The molecule has 1 aromatic heterocycles. The van der Waals surface area contributed by atoms with Crippen LogP contribution in [0.5, 0.6) is 0 Å². The Morgan fingerprint density at radius 2 is 1.96 bits per heavy atom. The maximum absolute atomic E-state index is 12.3. The Hall–Kier alpha value is -1.71. The summed E-state index contributed by atoms with van der Waals surface area (Å²) in [6, 6.07) is 9.75. The van der Waals surface area contributed by atoms with Crippen molar-refractivity contribution in [2.75, 3.05) is 12.9 Å². The molecule has 1 aliphatic rings. The van der Waals surface area contributed by atoms with Crippen LogP contribution >= 0.6 is 11.8 Å². The Bertz CT molecular complexity index is 782. The van der Waals surface area contributed by atoms with Crippen molar-refractivity contribution in [2.24, 2.45) is 0 Å². The molecule has 1 fully saturated rings. The lowest BCUT2D eigenvalue weighted by atomic mass is 10.1. The molecule has 0 unspecified atom stereocenters. The van der Waals surface area contributed by atoms with Crippen molar-refractivity contribution in [2.45, 2.75) is 36.0 Å². The quantitative estimate of drug-likeness (QED) is 0.513. The summed E-state index contributed by atoms with van der Waals surface area (Å²) in [7, 11) is 0. The molecule has 0 bridgehead atoms. The standard InChI is InChI=1S/C17H20N2O5S/c1-25-15-11(7-10-5-3-2-4-6-10)8-19(17(23)18-15)16-14(22)13(21)12(9-20)24-16/h2-6,8,12-14,16,20-22H,7,9H2,1H3/t12-,13-,14-,16-/m1/s1. The van der Waals surface area contributed by atoms with E-state index in [9.17, 15) is 20.1 Å². The van der Waals surface area contributed by atoms with Gasteiger partial charge in [0.2, 0.25) is 0 Å². The molecule has 0 aliphatic carbocycles. The van der Waals surface area contributed by atoms with Gasteiger partial charge >= 0.3 is 5.69 Å². The molecule has 3 N–H and O–H groups in total. The molecule has 0 saturated carbocycles. The summed E-state index contributed by atoms with van der Waals surface area (Å²) in [4.78, 5) is 16.4. The average Bonchev–Trinajstić information content (AvgIpc) is 2.92. The smallest absolute Gasteiger partial charge is 0.350 e. The first-order chi connectivity index (χ1) is 12.0. The van der Waals surface area contributed by atoms with Crippen LogP contribution in [0.25, 0.3) is 0 Å². The number of hydrogen-bond acceptors (Lipinski definition) is 7. The lowest BCUT2D eigenvalue weighted by Gasteiger charge is -2.19. The summed E-state index contributed by atoms with van der Waals surface area (Å²) < 4.78 is 6.63. The zero-order chi connectivity index (χ0) is 18.0. The van der Waals surface area contributed by atoms with Gasteiger partial charge in [-0.2, -0.15) is 4.98 Å². The van der Waals surface area contributed by atoms with Crippen LogP contribution in [0.3, 0.4) is 0 Å². The monoisotopic (exact) mass is 364 g/mol. The molecule has 25 heavy (non-hydrogen) atoms. The van der Waals surface area contributed by atoms with Gasteiger partial charge in [-0.25, -0.2) is 4.79 Å². The molecule has 2 aromatic rings. The molecule has 134 valence electrons. The predicted molar refractivity (Wildman–Crippen MR) is 92.5 cm³/mol. The normalized spacial score (nSPS) is 26.1. The van der Waals surface area contributed by atoms with Crippen molar-refractivity contribution in [1.29, 1.82) is 0 Å². The summed E-state index contributed by atoms with van der Waals surface area (Å²) >= 11 is 1.37. The zero-order valence-corrected chi connectivity index (χ0v) is 14.5. The second-order valence-corrected chi connectivity index (χ2v) is 6.65. The van der Waals surface area contributed by atoms with Crippen LogP contribution in [0.4, 0.5) is 0 Å². The number of benzene rings is 1. The van der Waals surface area contributed by atoms with Gasteiger partial charge in [0.25, 0.3) is 0 Å². The first-order valence-electron chi connectivity index (χ1n) is 7.87. The summed E-state index contributed by atoms with van der Waals surface area (Å²) in [5.41, 5.74) is 1.30. The largest absolute Gasteiger partial charge is 0.394 e. The molecule has 0 amide bonds. The first kappa shape index (κ1) is 18.1. The number of aromatic nitrogens is 2. The molecule has 0 radical (unpaired) electrons. The number of rotatable bonds is 5. The lowest BCUT2D eigenvalue weighted by Crippen LogP contribution is -2.36. The molecule has 0 spiro atoms. The fourth-order valence-electron chi connectivity index (χ4n) is 2.90. The maximum atomic E-state index is 12.3. The van der Waals surface area contributed by atoms with Crippen molar-refractivity contribution >= 4 is 11.8 Å². The van der Waals surface area contributed by atoms with E-state index in [1.54, 1.807) is 6.20 Å². The SMILES string of the molecule is CSc1nc(=O)n([C@@H]2O[C@H](CO)[C@@H](O)[C@H]2O)cc1Cc1ccccc1. The van der Waals surface area contributed by atoms with Gasteiger partial charge in [-0.3, -0.25) is 4.57 Å². The van der Waals surface area contributed by atoms with E-state index in [1.165, 1.54) is 16.3 Å². The number of thioether (sulfide) groups is 1. The van der Waals surface area contributed by atoms with Gasteiger partial charge in [0, 0.05) is 18.2 Å². The highest BCUT2D eigenvalue weighted by Gasteiger charge is 2.43. The third-order valence-corrected chi connectivity index (χ3v) is 4.95. The van der Waals surface area contributed by atoms with Crippen molar-refractivity contribution in [1.82, 2.24) is 9.55 Å². The molecule has 1 aliphatic heterocycles. The van der Waals surface area contributed by atoms with Crippen LogP contribution in [0, 0.1) is 0 Å². The van der Waals surface area contributed by atoms with Gasteiger partial charge in [0.15, 0.2) is 6.23 Å². The minimum absolute atomic E-state index is 0.448. The molecule has 7 nitrogen and oxygen atoms in total. The molecule has 8 heteroatoms. The third-order valence-electron chi connectivity index (χ3n) is 4.21. The molecule has 4 atom stereocenters. The van der Waals surface area contributed by atoms with Gasteiger partial charge in [-0.1, -0.05) is 30.3 Å². The third kappa shape index (κ3) is 3.63. The summed E-state index contributed by atoms with van der Waals surface area (Å²) in [6.45, 7) is -0.448. The maximum Gasteiger partial charge on any atom is 0.350 e. The summed E-state index contributed by atoms with van der Waals surface area (Å²) in [5, 5.41) is 29.9. The van der Waals surface area contributed by atoms with E-state index in [0.717, 1.165) is 11.1 Å². The van der Waals surface area contributed by atoms with Crippen LogP contribution < -0.4 is 5.69 Å². The number of aliphatic hydroxyl groups is 3. The second-order valence-electron chi connectivity index (χ2n) is 5.86. The molecule has 3 rings (SSSR count). The fraction of sp³-hybridized carbons (Fsp3) is 0.412. The van der Waals surface area contributed by atoms with Gasteiger partial charge in [-0.15, -0.1) is 11.8 Å². The molecular weight excluding hydrogens is 344 g/mol. The van der Waals surface area contributed by atoms with Crippen LogP contribution in [0.2, 0.25) is 0 Å². The van der Waals surface area contributed by atoms with Crippen molar-refractivity contribution in [3.8, 4) is 0 Å². The van der Waals surface area contributed by atoms with E-state index in [0.29, 0.717) is 11.4 Å². The van der Waals surface area contributed by atoms with E-state index in [-0.39, 0.29) is 0 Å². The summed E-state index contributed by atoms with van der Waals surface area (Å²) in [5.74, 6) is 0. The number of ether oxygens (including phenoxy) is 1. The molecule has 2 heterocycles. The topological polar surface area (TPSA) is 105 Å². The summed E-state index contributed by atoms with van der Waals surface area (Å²) in [6.07, 6.45) is -0.593. The minimum Gasteiger partial charge on any atom is -0.394 e. The van der Waals surface area contributed by atoms with E-state index < -0.39 is 36.8 Å². The lowest BCUT2D eigenvalue weighted by molar-refractivity contribution is -0.0552. The highest BCUT2D eigenvalue weighted by molar-refractivity contribution is 7.98. The van der Waals surface area contributed by atoms with E-state index in [4.69, 9.17) is 4.74 Å². The molecular formula is C17H20N2O5S. The molecule has 1 aromatic carbocycles. The van der Waals surface area contributed by atoms with Gasteiger partial charge in [0.1, 0.15) is 23.3 Å². The van der Waals surface area contributed by atoms with Crippen molar-refractivity contribution < 1.29 is 20.1 Å². The predicted octanol–water partition coefficient (Wildman–Crippen LogP) is 0.167. The highest BCUT2D eigenvalue weighted by Crippen LogP contribution is 2.29. The van der Waals surface area contributed by atoms with Crippen LogP contribution in [0.1, 0.15) is 17.4 Å². The Balaban J connectivity index is 1.98. The van der Waals surface area contributed by atoms with Crippen molar-refractivity contribution in [3.05, 3.63) is 58.1 Å². The molecule has 1 saturated heterocycles. The van der Waals surface area contributed by atoms with E-state index >= 15 is 0 Å². The zero-order valence-electron chi connectivity index (χ0n) is 13.6. The number of aliphatic hydroxyl groups excluding tert-OH is 3.